The van der Waals surface area contributed by atoms with E-state index in [1.807, 2.05) is 34.7 Å². The molecule has 0 bridgehead atoms. The first-order valence-corrected chi connectivity index (χ1v) is 11.5. The molecule has 10 nitrogen and oxygen atoms in total. The van der Waals surface area contributed by atoms with Crippen molar-refractivity contribution in [2.45, 2.75) is 50.9 Å². The van der Waals surface area contributed by atoms with Gasteiger partial charge in [-0.1, -0.05) is 0 Å². The van der Waals surface area contributed by atoms with Crippen LogP contribution in [0.2, 0.25) is 0 Å². The number of methoxy groups -OCH3 is 2. The Morgan fingerprint density at radius 2 is 2.18 bits per heavy atom. The van der Waals surface area contributed by atoms with Crippen molar-refractivity contribution < 1.29 is 23.8 Å². The van der Waals surface area contributed by atoms with E-state index < -0.39 is 12.2 Å². The number of carbonyl (C=O) groups excluding carboxylic acids is 2. The van der Waals surface area contributed by atoms with Crippen molar-refractivity contribution >= 4 is 22.9 Å². The SMILES string of the molecule is COC(=O)NCCCn1nc([C@@H](C)N(C(=O)[C@H]2CNCCO2)C2CC2)c2ccc(OC)cc21. The van der Waals surface area contributed by atoms with Gasteiger partial charge in [0.05, 0.1) is 38.1 Å². The molecule has 1 aliphatic heterocycles. The van der Waals surface area contributed by atoms with Gasteiger partial charge < -0.3 is 29.7 Å². The van der Waals surface area contributed by atoms with Crippen LogP contribution in [0.25, 0.3) is 10.9 Å². The summed E-state index contributed by atoms with van der Waals surface area (Å²) in [4.78, 5) is 26.7. The van der Waals surface area contributed by atoms with E-state index in [1.165, 1.54) is 7.11 Å². The van der Waals surface area contributed by atoms with E-state index >= 15 is 0 Å². The molecule has 2 atom stereocenters. The van der Waals surface area contributed by atoms with Gasteiger partial charge in [0.25, 0.3) is 5.91 Å². The molecule has 1 aromatic carbocycles. The van der Waals surface area contributed by atoms with E-state index in [4.69, 9.17) is 14.6 Å². The highest BCUT2D eigenvalue weighted by atomic mass is 16.5. The maximum Gasteiger partial charge on any atom is 0.406 e. The number of rotatable bonds is 9. The molecule has 2 aliphatic rings. The topological polar surface area (TPSA) is 107 Å². The lowest BCUT2D eigenvalue weighted by Gasteiger charge is -2.33. The summed E-state index contributed by atoms with van der Waals surface area (Å²) in [5.41, 5.74) is 1.80. The Hall–Kier alpha value is -2.85. The van der Waals surface area contributed by atoms with Gasteiger partial charge in [-0.25, -0.2) is 4.79 Å². The molecule has 0 radical (unpaired) electrons. The number of hydrogen-bond acceptors (Lipinski definition) is 7. The Kier molecular flexibility index (Phi) is 7.34. The third-order valence-corrected chi connectivity index (χ3v) is 6.20. The van der Waals surface area contributed by atoms with Crippen LogP contribution in [0.4, 0.5) is 4.79 Å². The second kappa shape index (κ2) is 10.4. The lowest BCUT2D eigenvalue weighted by molar-refractivity contribution is -0.148. The molecule has 2 heterocycles. The first-order valence-electron chi connectivity index (χ1n) is 11.5. The van der Waals surface area contributed by atoms with Crippen LogP contribution in [-0.2, 0) is 20.8 Å². The predicted molar refractivity (Wildman–Crippen MR) is 122 cm³/mol. The number of aromatic nitrogens is 2. The Labute approximate surface area is 193 Å². The Bertz CT molecular complexity index is 983. The molecule has 0 spiro atoms. The summed E-state index contributed by atoms with van der Waals surface area (Å²) >= 11 is 0. The van der Waals surface area contributed by atoms with Crippen molar-refractivity contribution in [1.29, 1.82) is 0 Å². The molecule has 10 heteroatoms. The number of alkyl carbamates (subject to hydrolysis) is 1. The molecular weight excluding hydrogens is 426 g/mol. The fourth-order valence-corrected chi connectivity index (χ4v) is 4.34. The Morgan fingerprint density at radius 3 is 2.85 bits per heavy atom. The quantitative estimate of drug-likeness (QED) is 0.551. The van der Waals surface area contributed by atoms with Crippen molar-refractivity contribution in [2.24, 2.45) is 0 Å². The molecule has 1 aliphatic carbocycles. The number of fused-ring (bicyclic) bond motifs is 1. The zero-order valence-electron chi connectivity index (χ0n) is 19.5. The van der Waals surface area contributed by atoms with Crippen molar-refractivity contribution in [3.63, 3.8) is 0 Å². The molecular formula is C23H33N5O5. The summed E-state index contributed by atoms with van der Waals surface area (Å²) < 4.78 is 17.7. The fraction of sp³-hybridized carbons (Fsp3) is 0.609. The lowest BCUT2D eigenvalue weighted by atomic mass is 10.1. The lowest BCUT2D eigenvalue weighted by Crippen LogP contribution is -2.50. The van der Waals surface area contributed by atoms with Crippen molar-refractivity contribution in [1.82, 2.24) is 25.3 Å². The van der Waals surface area contributed by atoms with E-state index in [9.17, 15) is 9.59 Å². The maximum atomic E-state index is 13.4. The number of nitrogens with zero attached hydrogens (tertiary/aromatic N) is 3. The van der Waals surface area contributed by atoms with Crippen LogP contribution in [0.1, 0.15) is 37.9 Å². The number of morpholine rings is 1. The third kappa shape index (κ3) is 5.22. The standard InChI is InChI=1S/C23H33N5O5/c1-15(28(16-5-6-16)22(29)20-14-24-10-12-33-20)21-18-8-7-17(31-2)13-19(18)27(26-21)11-4-9-25-23(30)32-3/h7-8,13,15-16,20,24H,4-6,9-12,14H2,1-3H3,(H,25,30)/t15-,20-/m1/s1. The van der Waals surface area contributed by atoms with Gasteiger partial charge in [0.15, 0.2) is 0 Å². The molecule has 0 unspecified atom stereocenters. The molecule has 180 valence electrons. The van der Waals surface area contributed by atoms with Gasteiger partial charge in [-0.2, -0.15) is 5.10 Å². The average Bonchev–Trinajstić information content (AvgIpc) is 3.62. The fourth-order valence-electron chi connectivity index (χ4n) is 4.34. The molecule has 1 saturated carbocycles. The van der Waals surface area contributed by atoms with Crippen molar-refractivity contribution in [2.75, 3.05) is 40.5 Å². The molecule has 2 fully saturated rings. The normalized spacial score (nSPS) is 19.2. The van der Waals surface area contributed by atoms with Crippen LogP contribution < -0.4 is 15.4 Å². The predicted octanol–water partition coefficient (Wildman–Crippen LogP) is 1.83. The van der Waals surface area contributed by atoms with Gasteiger partial charge in [-0.15, -0.1) is 0 Å². The minimum atomic E-state index is -0.459. The zero-order valence-corrected chi connectivity index (χ0v) is 19.5. The van der Waals surface area contributed by atoms with Crippen molar-refractivity contribution in [3.8, 4) is 5.75 Å². The number of ether oxygens (including phenoxy) is 3. The minimum Gasteiger partial charge on any atom is -0.497 e. The maximum absolute atomic E-state index is 13.4. The van der Waals surface area contributed by atoms with Crippen molar-refractivity contribution in [3.05, 3.63) is 23.9 Å². The summed E-state index contributed by atoms with van der Waals surface area (Å²) in [6, 6.07) is 5.91. The zero-order chi connectivity index (χ0) is 23.4. The molecule has 4 rings (SSSR count). The van der Waals surface area contributed by atoms with Gasteiger partial charge in [0, 0.05) is 43.7 Å². The largest absolute Gasteiger partial charge is 0.497 e. The van der Waals surface area contributed by atoms with E-state index in [1.54, 1.807) is 7.11 Å². The van der Waals surface area contributed by atoms with Crippen LogP contribution >= 0.6 is 0 Å². The van der Waals surface area contributed by atoms with Gasteiger partial charge in [0.2, 0.25) is 0 Å². The molecule has 1 aromatic heterocycles. The second-order valence-corrected chi connectivity index (χ2v) is 8.48. The number of aryl methyl sites for hydroxylation is 1. The van der Waals surface area contributed by atoms with Crippen LogP contribution in [0.3, 0.4) is 0 Å². The summed E-state index contributed by atoms with van der Waals surface area (Å²) in [6.07, 6.45) is 1.78. The summed E-state index contributed by atoms with van der Waals surface area (Å²) in [7, 11) is 2.98. The van der Waals surface area contributed by atoms with Gasteiger partial charge >= 0.3 is 6.09 Å². The highest BCUT2D eigenvalue weighted by Crippen LogP contribution is 2.37. The number of amides is 2. The van der Waals surface area contributed by atoms with Crippen LogP contribution in [0.15, 0.2) is 18.2 Å². The van der Waals surface area contributed by atoms with Gasteiger partial charge in [-0.05, 0) is 38.3 Å². The Balaban J connectivity index is 1.59. The minimum absolute atomic E-state index is 0.0238. The molecule has 2 N–H and O–H groups in total. The third-order valence-electron chi connectivity index (χ3n) is 6.20. The summed E-state index contributed by atoms with van der Waals surface area (Å²) in [6.45, 7) is 4.97. The number of carbonyl (C=O) groups is 2. The molecule has 1 saturated heterocycles. The number of benzene rings is 1. The average molecular weight is 460 g/mol. The first-order chi connectivity index (χ1) is 16.0. The smallest absolute Gasteiger partial charge is 0.406 e. The molecule has 2 aromatic rings. The molecule has 2 amide bonds. The summed E-state index contributed by atoms with van der Waals surface area (Å²) in [5.74, 6) is 0.767. The Morgan fingerprint density at radius 1 is 1.36 bits per heavy atom. The summed E-state index contributed by atoms with van der Waals surface area (Å²) in [5, 5.41) is 11.9. The first kappa shape index (κ1) is 23.3. The van der Waals surface area contributed by atoms with E-state index in [2.05, 4.69) is 15.4 Å². The number of hydrogen-bond donors (Lipinski definition) is 2. The van der Waals surface area contributed by atoms with Gasteiger partial charge in [-0.3, -0.25) is 9.48 Å². The van der Waals surface area contributed by atoms with Crippen LogP contribution in [-0.4, -0.2) is 79.3 Å². The van der Waals surface area contributed by atoms with Crippen LogP contribution in [0, 0.1) is 0 Å². The highest BCUT2D eigenvalue weighted by Gasteiger charge is 2.41. The van der Waals surface area contributed by atoms with E-state index in [0.717, 1.165) is 41.7 Å². The van der Waals surface area contributed by atoms with Crippen LogP contribution in [0.5, 0.6) is 5.75 Å². The highest BCUT2D eigenvalue weighted by molar-refractivity contribution is 5.86. The number of nitrogens with one attached hydrogen (secondary N) is 2. The second-order valence-electron chi connectivity index (χ2n) is 8.48. The molecule has 33 heavy (non-hydrogen) atoms. The van der Waals surface area contributed by atoms with E-state index in [0.29, 0.717) is 32.7 Å². The monoisotopic (exact) mass is 459 g/mol. The van der Waals surface area contributed by atoms with E-state index in [-0.39, 0.29) is 18.0 Å². The van der Waals surface area contributed by atoms with Gasteiger partial charge in [0.1, 0.15) is 11.9 Å².